The summed E-state index contributed by atoms with van der Waals surface area (Å²) in [6.07, 6.45) is 3.08. The normalized spacial score (nSPS) is 21.1. The summed E-state index contributed by atoms with van der Waals surface area (Å²) in [5, 5.41) is 11.4. The van der Waals surface area contributed by atoms with Crippen molar-refractivity contribution in [1.82, 2.24) is 15.7 Å². The molecule has 2 rings (SSSR count). The number of nitrogens with zero attached hydrogens (tertiary/aromatic N) is 1. The van der Waals surface area contributed by atoms with E-state index in [0.717, 1.165) is 24.3 Å². The van der Waals surface area contributed by atoms with E-state index in [-0.39, 0.29) is 40.6 Å². The van der Waals surface area contributed by atoms with Crippen molar-refractivity contribution < 1.29 is 19.6 Å². The molecule has 2 aliphatic heterocycles. The summed E-state index contributed by atoms with van der Waals surface area (Å²) < 4.78 is -0.0912. The smallest absolute Gasteiger partial charge is 0.243 e. The number of halogens is 1. The number of nitrogens with two attached hydrogens (primary N) is 1. The summed E-state index contributed by atoms with van der Waals surface area (Å²) in [6.45, 7) is 4.90. The van der Waals surface area contributed by atoms with E-state index in [1.54, 1.807) is 10.4 Å². The molecule has 5 N–H and O–H groups in total. The summed E-state index contributed by atoms with van der Waals surface area (Å²) in [4.78, 5) is 38.4. The third kappa shape index (κ3) is 7.20. The highest BCUT2D eigenvalue weighted by Crippen LogP contribution is 2.51. The molecule has 2 saturated heterocycles. The maximum absolute atomic E-state index is 12.9. The molecule has 11 heteroatoms. The van der Waals surface area contributed by atoms with Crippen LogP contribution in [0.15, 0.2) is 0 Å². The number of amides is 3. The highest BCUT2D eigenvalue weighted by molar-refractivity contribution is 8.21. The van der Waals surface area contributed by atoms with Crippen LogP contribution in [0.1, 0.15) is 46.0 Å². The molecule has 0 unspecified atom stereocenters. The van der Waals surface area contributed by atoms with Crippen LogP contribution in [0, 0.1) is 5.92 Å². The van der Waals surface area contributed by atoms with Crippen molar-refractivity contribution in [3.63, 3.8) is 0 Å². The number of nitrogens with one attached hydrogen (secondary N) is 2. The van der Waals surface area contributed by atoms with E-state index in [1.165, 1.54) is 0 Å². The molecular formula is C18H33ClN4O4S2. The van der Waals surface area contributed by atoms with E-state index >= 15 is 0 Å². The predicted molar refractivity (Wildman–Crippen MR) is 119 cm³/mol. The van der Waals surface area contributed by atoms with E-state index in [4.69, 9.17) is 10.9 Å². The molecule has 0 bridgehead atoms. The first-order valence-electron chi connectivity index (χ1n) is 9.84. The molecule has 0 saturated carbocycles. The van der Waals surface area contributed by atoms with Crippen LogP contribution >= 0.6 is 35.9 Å². The molecule has 0 aromatic rings. The number of unbranched alkanes of at least 4 members (excludes halogenated alkanes) is 2. The largest absolute Gasteiger partial charge is 0.354 e. The highest BCUT2D eigenvalue weighted by Gasteiger charge is 2.51. The number of hydrogen-bond acceptors (Lipinski definition) is 7. The van der Waals surface area contributed by atoms with Crippen molar-refractivity contribution in [3.05, 3.63) is 0 Å². The van der Waals surface area contributed by atoms with Crippen molar-refractivity contribution in [3.8, 4) is 0 Å². The lowest BCUT2D eigenvalue weighted by Crippen LogP contribution is -2.52. The Morgan fingerprint density at radius 2 is 1.86 bits per heavy atom. The van der Waals surface area contributed by atoms with E-state index in [0.29, 0.717) is 25.9 Å². The molecule has 2 heterocycles. The standard InChI is InChI=1S/C18H32N4O4S2.ClH/c1-12(2)15(19)17(25)22-11-18(27-8-9-28-18)10-13(22)16(24)20-7-5-3-4-6-14(23)21-26;/h12-13,15,26H,3-11,19H2,1-2H3,(H,20,24)(H,21,23);1H/t13-,15-;/m0./s1. The third-order valence-corrected chi connectivity index (χ3v) is 8.62. The quantitative estimate of drug-likeness (QED) is 0.228. The van der Waals surface area contributed by atoms with Gasteiger partial charge in [-0.25, -0.2) is 5.48 Å². The van der Waals surface area contributed by atoms with Gasteiger partial charge in [0.05, 0.1) is 10.1 Å². The van der Waals surface area contributed by atoms with Gasteiger partial charge >= 0.3 is 0 Å². The minimum atomic E-state index is -0.598. The molecule has 0 radical (unpaired) electrons. The van der Waals surface area contributed by atoms with Crippen LogP contribution in [0.3, 0.4) is 0 Å². The second-order valence-corrected chi connectivity index (χ2v) is 10.9. The van der Waals surface area contributed by atoms with Gasteiger partial charge in [-0.15, -0.1) is 35.9 Å². The van der Waals surface area contributed by atoms with Crippen LogP contribution in [0.2, 0.25) is 0 Å². The molecule has 29 heavy (non-hydrogen) atoms. The lowest BCUT2D eigenvalue weighted by Gasteiger charge is -2.28. The number of hydroxylamine groups is 1. The number of carbonyl (C=O) groups excluding carboxylic acids is 3. The van der Waals surface area contributed by atoms with Gasteiger partial charge in [-0.2, -0.15) is 0 Å². The minimum absolute atomic E-state index is 0. The number of likely N-dealkylation sites (tertiary alicyclic amines) is 1. The summed E-state index contributed by atoms with van der Waals surface area (Å²) in [5.74, 6) is 1.44. The number of hydrogen-bond donors (Lipinski definition) is 4. The fourth-order valence-electron chi connectivity index (χ4n) is 3.46. The van der Waals surface area contributed by atoms with E-state index in [2.05, 4.69) is 5.32 Å². The molecule has 0 aliphatic carbocycles. The molecule has 0 aromatic heterocycles. The molecule has 2 fully saturated rings. The summed E-state index contributed by atoms with van der Waals surface area (Å²) in [5.41, 5.74) is 7.70. The van der Waals surface area contributed by atoms with E-state index in [1.807, 2.05) is 37.4 Å². The summed E-state index contributed by atoms with van der Waals surface area (Å²) >= 11 is 3.69. The molecule has 2 atom stereocenters. The third-order valence-electron chi connectivity index (χ3n) is 5.20. The first kappa shape index (κ1) is 26.4. The Morgan fingerprint density at radius 1 is 1.21 bits per heavy atom. The van der Waals surface area contributed by atoms with Crippen LogP contribution < -0.4 is 16.5 Å². The van der Waals surface area contributed by atoms with Crippen LogP contribution in [0.5, 0.6) is 0 Å². The van der Waals surface area contributed by atoms with Gasteiger partial charge in [-0.05, 0) is 18.8 Å². The second kappa shape index (κ2) is 12.2. The lowest BCUT2D eigenvalue weighted by atomic mass is 10.0. The SMILES string of the molecule is CC(C)[C@H](N)C(=O)N1CC2(C[C@H]1C(=O)NCCCCCC(=O)NO)SCCS2.Cl. The number of rotatable bonds is 9. The molecule has 8 nitrogen and oxygen atoms in total. The highest BCUT2D eigenvalue weighted by atomic mass is 35.5. The Balaban J connectivity index is 0.00000420. The monoisotopic (exact) mass is 468 g/mol. The van der Waals surface area contributed by atoms with Gasteiger partial charge in [0.15, 0.2) is 0 Å². The zero-order valence-corrected chi connectivity index (χ0v) is 19.5. The van der Waals surface area contributed by atoms with Crippen molar-refractivity contribution in [2.75, 3.05) is 24.6 Å². The maximum atomic E-state index is 12.9. The van der Waals surface area contributed by atoms with Gasteiger partial charge in [-0.3, -0.25) is 19.6 Å². The van der Waals surface area contributed by atoms with Crippen molar-refractivity contribution in [1.29, 1.82) is 0 Å². The zero-order valence-electron chi connectivity index (χ0n) is 17.0. The maximum Gasteiger partial charge on any atom is 0.243 e. The topological polar surface area (TPSA) is 125 Å². The van der Waals surface area contributed by atoms with Crippen LogP contribution in [-0.4, -0.2) is 68.6 Å². The van der Waals surface area contributed by atoms with Gasteiger partial charge in [0.1, 0.15) is 6.04 Å². The molecular weight excluding hydrogens is 436 g/mol. The van der Waals surface area contributed by atoms with Crippen molar-refractivity contribution in [2.45, 2.75) is 62.1 Å². The van der Waals surface area contributed by atoms with Crippen molar-refractivity contribution >= 4 is 53.7 Å². The first-order valence-corrected chi connectivity index (χ1v) is 11.8. The Labute approximate surface area is 187 Å². The van der Waals surface area contributed by atoms with Crippen LogP contribution in [0.25, 0.3) is 0 Å². The molecule has 2 aliphatic rings. The van der Waals surface area contributed by atoms with Crippen molar-refractivity contribution in [2.24, 2.45) is 11.7 Å². The Kier molecular flexibility index (Phi) is 11.1. The summed E-state index contributed by atoms with van der Waals surface area (Å²) in [6, 6.07) is -1.07. The minimum Gasteiger partial charge on any atom is -0.354 e. The molecule has 0 aromatic carbocycles. The second-order valence-electron chi connectivity index (χ2n) is 7.70. The molecule has 3 amide bonds. The zero-order chi connectivity index (χ0) is 20.7. The average molecular weight is 469 g/mol. The first-order chi connectivity index (χ1) is 13.3. The molecule has 168 valence electrons. The fraction of sp³-hybridized carbons (Fsp3) is 0.833. The summed E-state index contributed by atoms with van der Waals surface area (Å²) in [7, 11) is 0. The van der Waals surface area contributed by atoms with E-state index < -0.39 is 18.0 Å². The van der Waals surface area contributed by atoms with Gasteiger partial charge < -0.3 is 16.0 Å². The molecule has 1 spiro atoms. The van der Waals surface area contributed by atoms with Gasteiger partial charge in [0, 0.05) is 37.4 Å². The fourth-order valence-corrected chi connectivity index (χ4v) is 6.72. The lowest BCUT2D eigenvalue weighted by molar-refractivity contribution is -0.140. The Morgan fingerprint density at radius 3 is 2.45 bits per heavy atom. The predicted octanol–water partition coefficient (Wildman–Crippen LogP) is 1.35. The Hall–Kier alpha value is -0.680. The van der Waals surface area contributed by atoms with Crippen LogP contribution in [0.4, 0.5) is 0 Å². The average Bonchev–Trinajstić information content (AvgIpc) is 3.30. The van der Waals surface area contributed by atoms with Gasteiger partial charge in [-0.1, -0.05) is 20.3 Å². The Bertz CT molecular complexity index is 576. The van der Waals surface area contributed by atoms with Crippen LogP contribution in [-0.2, 0) is 14.4 Å². The van der Waals surface area contributed by atoms with Gasteiger partial charge in [0.25, 0.3) is 0 Å². The van der Waals surface area contributed by atoms with E-state index in [9.17, 15) is 14.4 Å². The number of thioether (sulfide) groups is 2. The number of carbonyl (C=O) groups is 3. The van der Waals surface area contributed by atoms with Gasteiger partial charge in [0.2, 0.25) is 17.7 Å².